The average Bonchev–Trinajstić information content (AvgIpc) is 2.57. The van der Waals surface area contributed by atoms with Gasteiger partial charge in [-0.05, 0) is 44.4 Å². The van der Waals surface area contributed by atoms with Crippen molar-refractivity contribution in [1.29, 1.82) is 0 Å². The van der Waals surface area contributed by atoms with E-state index < -0.39 is 11.4 Å². The molecule has 0 fully saturated rings. The number of rotatable bonds is 6. The molecule has 1 amide bonds. The lowest BCUT2D eigenvalue weighted by atomic mass is 9.79. The lowest BCUT2D eigenvalue weighted by Crippen LogP contribution is -2.47. The van der Waals surface area contributed by atoms with E-state index in [-0.39, 0.29) is 18.4 Å². The van der Waals surface area contributed by atoms with E-state index in [0.717, 1.165) is 16.7 Å². The molecule has 2 atom stereocenters. The standard InChI is InChI=1S/C21H25NO3/c1-14-10-11-15(2)18(12-14)16(3)22-19(23)13-21(4,20(24)25)17-8-6-5-7-9-17/h5-12,16H,13H2,1-4H3,(H,22,23)(H,24,25)/p-1/t16-,21+/m1/s1. The van der Waals surface area contributed by atoms with Gasteiger partial charge in [-0.2, -0.15) is 0 Å². The number of nitrogens with one attached hydrogen (secondary N) is 1. The molecule has 4 nitrogen and oxygen atoms in total. The summed E-state index contributed by atoms with van der Waals surface area (Å²) in [6.07, 6.45) is -0.172. The largest absolute Gasteiger partial charge is 0.549 e. The number of carbonyl (C=O) groups is 2. The van der Waals surface area contributed by atoms with Crippen LogP contribution in [-0.4, -0.2) is 11.9 Å². The van der Waals surface area contributed by atoms with E-state index in [4.69, 9.17) is 0 Å². The maximum Gasteiger partial charge on any atom is 0.221 e. The van der Waals surface area contributed by atoms with E-state index in [0.29, 0.717) is 5.56 Å². The number of amides is 1. The Bertz CT molecular complexity index is 770. The molecule has 0 aromatic heterocycles. The van der Waals surface area contributed by atoms with Crippen LogP contribution in [0.15, 0.2) is 48.5 Å². The first-order valence-corrected chi connectivity index (χ1v) is 8.37. The van der Waals surface area contributed by atoms with Crippen LogP contribution in [0.3, 0.4) is 0 Å². The summed E-state index contributed by atoms with van der Waals surface area (Å²) < 4.78 is 0. The first-order valence-electron chi connectivity index (χ1n) is 8.37. The fourth-order valence-electron chi connectivity index (χ4n) is 3.02. The molecular formula is C21H24NO3-. The van der Waals surface area contributed by atoms with Crippen LogP contribution in [0, 0.1) is 13.8 Å². The summed E-state index contributed by atoms with van der Waals surface area (Å²) in [4.78, 5) is 24.2. The van der Waals surface area contributed by atoms with Gasteiger partial charge in [-0.3, -0.25) is 4.79 Å². The van der Waals surface area contributed by atoms with Gasteiger partial charge in [0.05, 0.1) is 12.0 Å². The summed E-state index contributed by atoms with van der Waals surface area (Å²) >= 11 is 0. The van der Waals surface area contributed by atoms with Gasteiger partial charge in [0.2, 0.25) is 5.91 Å². The van der Waals surface area contributed by atoms with Crippen molar-refractivity contribution in [3.63, 3.8) is 0 Å². The molecule has 0 aliphatic carbocycles. The summed E-state index contributed by atoms with van der Waals surface area (Å²) in [7, 11) is 0. The lowest BCUT2D eigenvalue weighted by molar-refractivity contribution is -0.313. The normalized spacial score (nSPS) is 14.4. The number of aliphatic carboxylic acids is 1. The Balaban J connectivity index is 2.17. The molecule has 1 N–H and O–H groups in total. The minimum atomic E-state index is -1.37. The fourth-order valence-corrected chi connectivity index (χ4v) is 3.02. The Labute approximate surface area is 148 Å². The van der Waals surface area contributed by atoms with Gasteiger partial charge >= 0.3 is 0 Å². The average molecular weight is 338 g/mol. The Kier molecular flexibility index (Phi) is 5.62. The van der Waals surface area contributed by atoms with Gasteiger partial charge in [0.15, 0.2) is 0 Å². The Morgan fingerprint density at radius 1 is 1.12 bits per heavy atom. The summed E-state index contributed by atoms with van der Waals surface area (Å²) in [5.74, 6) is -1.57. The Hall–Kier alpha value is -2.62. The SMILES string of the molecule is Cc1ccc(C)c([C@@H](C)NC(=O)C[C@](C)(C(=O)[O-])c2ccccc2)c1. The Morgan fingerprint density at radius 2 is 1.76 bits per heavy atom. The van der Waals surface area contributed by atoms with E-state index >= 15 is 0 Å². The molecule has 132 valence electrons. The molecule has 0 bridgehead atoms. The maximum atomic E-state index is 12.5. The second-order valence-corrected chi connectivity index (χ2v) is 6.81. The first-order chi connectivity index (χ1) is 11.7. The molecule has 0 heterocycles. The van der Waals surface area contributed by atoms with E-state index in [9.17, 15) is 14.7 Å². The van der Waals surface area contributed by atoms with Crippen molar-refractivity contribution in [2.45, 2.75) is 45.6 Å². The van der Waals surface area contributed by atoms with Crippen molar-refractivity contribution in [3.8, 4) is 0 Å². The van der Waals surface area contributed by atoms with Crippen LogP contribution in [0.1, 0.15) is 48.6 Å². The molecule has 4 heteroatoms. The van der Waals surface area contributed by atoms with Gasteiger partial charge in [-0.1, -0.05) is 54.1 Å². The maximum absolute atomic E-state index is 12.5. The highest BCUT2D eigenvalue weighted by Gasteiger charge is 2.31. The molecule has 2 aromatic carbocycles. The lowest BCUT2D eigenvalue weighted by Gasteiger charge is -2.31. The van der Waals surface area contributed by atoms with Crippen LogP contribution in [0.2, 0.25) is 0 Å². The van der Waals surface area contributed by atoms with Crippen molar-refractivity contribution in [2.24, 2.45) is 0 Å². The number of carboxylic acid groups (broad SMARTS) is 1. The third-order valence-corrected chi connectivity index (χ3v) is 4.65. The molecule has 0 aliphatic heterocycles. The smallest absolute Gasteiger partial charge is 0.221 e. The summed E-state index contributed by atoms with van der Waals surface area (Å²) in [5, 5.41) is 14.6. The molecule has 0 saturated carbocycles. The van der Waals surface area contributed by atoms with Gasteiger partial charge < -0.3 is 15.2 Å². The van der Waals surface area contributed by atoms with Crippen LogP contribution in [-0.2, 0) is 15.0 Å². The topological polar surface area (TPSA) is 69.2 Å². The van der Waals surface area contributed by atoms with Crippen LogP contribution in [0.25, 0.3) is 0 Å². The molecular weight excluding hydrogens is 314 g/mol. The number of carboxylic acids is 1. The molecule has 25 heavy (non-hydrogen) atoms. The quantitative estimate of drug-likeness (QED) is 0.880. The van der Waals surface area contributed by atoms with Crippen LogP contribution < -0.4 is 10.4 Å². The monoisotopic (exact) mass is 338 g/mol. The van der Waals surface area contributed by atoms with Gasteiger partial charge in [0.25, 0.3) is 0 Å². The van der Waals surface area contributed by atoms with Crippen LogP contribution in [0.4, 0.5) is 0 Å². The fraction of sp³-hybridized carbons (Fsp3) is 0.333. The minimum Gasteiger partial charge on any atom is -0.549 e. The Morgan fingerprint density at radius 3 is 2.36 bits per heavy atom. The first kappa shape index (κ1) is 18.7. The number of aryl methyl sites for hydroxylation is 2. The number of carbonyl (C=O) groups excluding carboxylic acids is 2. The third kappa shape index (κ3) is 4.27. The highest BCUT2D eigenvalue weighted by Crippen LogP contribution is 2.28. The molecule has 0 unspecified atom stereocenters. The molecule has 0 saturated heterocycles. The molecule has 0 radical (unpaired) electrons. The van der Waals surface area contributed by atoms with Crippen LogP contribution in [0.5, 0.6) is 0 Å². The van der Waals surface area contributed by atoms with Crippen molar-refractivity contribution in [3.05, 3.63) is 70.8 Å². The van der Waals surface area contributed by atoms with Crippen molar-refractivity contribution < 1.29 is 14.7 Å². The summed E-state index contributed by atoms with van der Waals surface area (Å²) in [5.41, 5.74) is 2.43. The van der Waals surface area contributed by atoms with Crippen molar-refractivity contribution >= 4 is 11.9 Å². The van der Waals surface area contributed by atoms with E-state index in [1.54, 1.807) is 24.3 Å². The highest BCUT2D eigenvalue weighted by atomic mass is 16.4. The van der Waals surface area contributed by atoms with Gasteiger partial charge in [0, 0.05) is 11.8 Å². The minimum absolute atomic E-state index is 0.172. The van der Waals surface area contributed by atoms with Gasteiger partial charge in [-0.15, -0.1) is 0 Å². The third-order valence-electron chi connectivity index (χ3n) is 4.65. The molecule has 0 spiro atoms. The van der Waals surface area contributed by atoms with Crippen LogP contribution >= 0.6 is 0 Å². The zero-order chi connectivity index (χ0) is 18.6. The van der Waals surface area contributed by atoms with Gasteiger partial charge in [0.1, 0.15) is 0 Å². The predicted octanol–water partition coefficient (Wildman–Crippen LogP) is 2.58. The summed E-state index contributed by atoms with van der Waals surface area (Å²) in [6, 6.07) is 14.6. The van der Waals surface area contributed by atoms with Gasteiger partial charge in [-0.25, -0.2) is 0 Å². The second kappa shape index (κ2) is 7.51. The van der Waals surface area contributed by atoms with E-state index in [1.807, 2.05) is 45.0 Å². The van der Waals surface area contributed by atoms with Crippen molar-refractivity contribution in [2.75, 3.05) is 0 Å². The zero-order valence-electron chi connectivity index (χ0n) is 15.1. The number of hydrogen-bond donors (Lipinski definition) is 1. The number of hydrogen-bond acceptors (Lipinski definition) is 3. The molecule has 0 aliphatic rings. The molecule has 2 rings (SSSR count). The van der Waals surface area contributed by atoms with E-state index in [2.05, 4.69) is 5.32 Å². The van der Waals surface area contributed by atoms with E-state index in [1.165, 1.54) is 6.92 Å². The predicted molar refractivity (Wildman–Crippen MR) is 95.9 cm³/mol. The zero-order valence-corrected chi connectivity index (χ0v) is 15.1. The molecule has 2 aromatic rings. The number of benzene rings is 2. The highest BCUT2D eigenvalue weighted by molar-refractivity contribution is 5.88. The summed E-state index contributed by atoms with van der Waals surface area (Å²) in [6.45, 7) is 7.42. The van der Waals surface area contributed by atoms with Crippen molar-refractivity contribution in [1.82, 2.24) is 5.32 Å². The second-order valence-electron chi connectivity index (χ2n) is 6.81.